The van der Waals surface area contributed by atoms with Crippen LogP contribution in [-0.4, -0.2) is 52.4 Å². The zero-order valence-electron chi connectivity index (χ0n) is 19.4. The van der Waals surface area contributed by atoms with Crippen molar-refractivity contribution in [3.63, 3.8) is 0 Å². The van der Waals surface area contributed by atoms with Crippen molar-refractivity contribution in [2.75, 3.05) is 25.7 Å². The average Bonchev–Trinajstić information content (AvgIpc) is 3.26. The predicted octanol–water partition coefficient (Wildman–Crippen LogP) is 3.68. The van der Waals surface area contributed by atoms with Gasteiger partial charge in [-0.05, 0) is 67.9 Å². The number of hydrogen-bond acceptors (Lipinski definition) is 9. The van der Waals surface area contributed by atoms with E-state index in [0.29, 0.717) is 28.7 Å². The zero-order valence-corrected chi connectivity index (χ0v) is 20.2. The minimum Gasteiger partial charge on any atom is -0.497 e. The number of thioether (sulfide) groups is 1. The number of aromatic nitrogens is 3. The van der Waals surface area contributed by atoms with Gasteiger partial charge < -0.3 is 14.2 Å². The van der Waals surface area contributed by atoms with Gasteiger partial charge >= 0.3 is 5.97 Å². The van der Waals surface area contributed by atoms with E-state index in [1.54, 1.807) is 38.3 Å². The maximum atomic E-state index is 13.8. The lowest BCUT2D eigenvalue weighted by Crippen LogP contribution is -2.53. The Balaban J connectivity index is 1.76. The number of Topliss-reactive ketones (excluding diaryl/α,β-unsaturated/α-hetero) is 1. The molecule has 10 heteroatoms. The number of carbonyl (C=O) groups is 2. The van der Waals surface area contributed by atoms with Crippen molar-refractivity contribution >= 4 is 23.5 Å². The Hall–Kier alpha value is -3.53. The molecule has 0 saturated heterocycles. The molecule has 1 N–H and O–H groups in total. The highest BCUT2D eigenvalue weighted by atomic mass is 32.2. The molecule has 0 spiro atoms. The molecule has 0 saturated carbocycles. The Kier molecular flexibility index (Phi) is 6.78. The quantitative estimate of drug-likeness (QED) is 0.380. The maximum absolute atomic E-state index is 13.8. The number of benzene rings is 2. The van der Waals surface area contributed by atoms with Crippen molar-refractivity contribution < 1.29 is 23.8 Å². The predicted molar refractivity (Wildman–Crippen MR) is 127 cm³/mol. The molecule has 9 nitrogen and oxygen atoms in total. The summed E-state index contributed by atoms with van der Waals surface area (Å²) in [5.41, 5.74) is 3.88. The van der Waals surface area contributed by atoms with Gasteiger partial charge in [0.1, 0.15) is 16.7 Å². The summed E-state index contributed by atoms with van der Waals surface area (Å²) in [6.07, 6.45) is 0. The number of ether oxygens (including phenoxy) is 3. The summed E-state index contributed by atoms with van der Waals surface area (Å²) >= 11 is 1.24. The summed E-state index contributed by atoms with van der Waals surface area (Å²) in [5, 5.41) is 7.89. The van der Waals surface area contributed by atoms with Crippen LogP contribution < -0.4 is 14.9 Å². The molecule has 0 amide bonds. The SMILES string of the molecule is CCOC(=O)c1nnn2c1S[C@H](C(=O)c1ccc(OCC)cc1)[C@@](C)(c1ccc(OC)cc1)N2. The smallest absolute Gasteiger partial charge is 0.361 e. The molecule has 1 aliphatic heterocycles. The second-order valence-corrected chi connectivity index (χ2v) is 8.83. The Labute approximate surface area is 201 Å². The molecule has 0 bridgehead atoms. The van der Waals surface area contributed by atoms with Crippen LogP contribution in [0.15, 0.2) is 53.6 Å². The van der Waals surface area contributed by atoms with E-state index in [-0.39, 0.29) is 18.1 Å². The number of hydrogen-bond donors (Lipinski definition) is 1. The molecule has 4 rings (SSSR count). The van der Waals surface area contributed by atoms with E-state index in [1.165, 1.54) is 16.6 Å². The zero-order chi connectivity index (χ0) is 24.3. The fourth-order valence-corrected chi connectivity index (χ4v) is 5.10. The van der Waals surface area contributed by atoms with E-state index in [9.17, 15) is 9.59 Å². The number of ketones is 1. The van der Waals surface area contributed by atoms with E-state index in [4.69, 9.17) is 14.2 Å². The van der Waals surface area contributed by atoms with Gasteiger partial charge in [0.15, 0.2) is 10.8 Å². The summed E-state index contributed by atoms with van der Waals surface area (Å²) in [7, 11) is 1.60. The first-order chi connectivity index (χ1) is 16.4. The van der Waals surface area contributed by atoms with Gasteiger partial charge in [-0.1, -0.05) is 23.9 Å². The summed E-state index contributed by atoms with van der Waals surface area (Å²) in [4.78, 5) is 27.7. The fourth-order valence-electron chi connectivity index (χ4n) is 3.79. The molecule has 178 valence electrons. The standard InChI is InChI=1S/C24H26N4O5S/c1-5-32-18-11-7-15(8-12-18)20(29)21-24(3,16-9-13-17(31-4)14-10-16)26-28-22(34-21)19(25-27-28)23(30)33-6-2/h7-14,21,26H,5-6H2,1-4H3/t21-,24-/m1/s1. The van der Waals surface area contributed by atoms with Gasteiger partial charge in [0.25, 0.3) is 0 Å². The average molecular weight is 483 g/mol. The van der Waals surface area contributed by atoms with Crippen LogP contribution >= 0.6 is 11.8 Å². The van der Waals surface area contributed by atoms with Crippen molar-refractivity contribution in [3.05, 3.63) is 65.4 Å². The highest BCUT2D eigenvalue weighted by molar-refractivity contribution is 8.00. The molecule has 0 aliphatic carbocycles. The molecule has 2 aromatic carbocycles. The van der Waals surface area contributed by atoms with Crippen LogP contribution in [0.4, 0.5) is 0 Å². The van der Waals surface area contributed by atoms with Crippen molar-refractivity contribution in [2.24, 2.45) is 0 Å². The summed E-state index contributed by atoms with van der Waals surface area (Å²) in [6, 6.07) is 14.5. The number of esters is 1. The number of fused-ring (bicyclic) bond motifs is 1. The summed E-state index contributed by atoms with van der Waals surface area (Å²) in [5.74, 6) is 0.703. The minimum atomic E-state index is -0.876. The molecular weight excluding hydrogens is 456 g/mol. The van der Waals surface area contributed by atoms with Crippen LogP contribution in [0, 0.1) is 0 Å². The van der Waals surface area contributed by atoms with Gasteiger partial charge in [0.05, 0.1) is 25.9 Å². The van der Waals surface area contributed by atoms with Crippen LogP contribution in [0.1, 0.15) is 47.2 Å². The molecule has 0 fully saturated rings. The van der Waals surface area contributed by atoms with Crippen LogP contribution in [0.25, 0.3) is 0 Å². The molecular formula is C24H26N4O5S. The number of carbonyl (C=O) groups excluding carboxylic acids is 2. The van der Waals surface area contributed by atoms with E-state index < -0.39 is 16.8 Å². The van der Waals surface area contributed by atoms with Crippen LogP contribution in [-0.2, 0) is 10.3 Å². The first-order valence-electron chi connectivity index (χ1n) is 10.9. The Bertz CT molecular complexity index is 1180. The number of nitrogens with zero attached hydrogens (tertiary/aromatic N) is 3. The second kappa shape index (κ2) is 9.76. The highest BCUT2D eigenvalue weighted by Crippen LogP contribution is 2.44. The van der Waals surface area contributed by atoms with Gasteiger partial charge in [-0.25, -0.2) is 4.79 Å². The van der Waals surface area contributed by atoms with Gasteiger partial charge in [0.2, 0.25) is 5.69 Å². The third kappa shape index (κ3) is 4.33. The van der Waals surface area contributed by atoms with Gasteiger partial charge in [-0.15, -0.1) is 5.10 Å². The van der Waals surface area contributed by atoms with Crippen molar-refractivity contribution in [1.82, 2.24) is 15.1 Å². The first kappa shape index (κ1) is 23.6. The largest absolute Gasteiger partial charge is 0.497 e. The topological polar surface area (TPSA) is 105 Å². The normalized spacial score (nSPS) is 19.0. The molecule has 2 atom stereocenters. The first-order valence-corrected chi connectivity index (χ1v) is 11.8. The molecule has 0 unspecified atom stereocenters. The third-order valence-electron chi connectivity index (χ3n) is 5.57. The van der Waals surface area contributed by atoms with E-state index in [1.807, 2.05) is 38.1 Å². The molecule has 2 heterocycles. The van der Waals surface area contributed by atoms with Crippen LogP contribution in [0.3, 0.4) is 0 Å². The van der Waals surface area contributed by atoms with E-state index in [2.05, 4.69) is 15.7 Å². The molecule has 1 aromatic heterocycles. The lowest BCUT2D eigenvalue weighted by Gasteiger charge is -2.41. The number of methoxy groups -OCH3 is 1. The van der Waals surface area contributed by atoms with Crippen molar-refractivity contribution in [1.29, 1.82) is 0 Å². The van der Waals surface area contributed by atoms with Gasteiger partial charge in [-0.3, -0.25) is 10.2 Å². The van der Waals surface area contributed by atoms with Gasteiger partial charge in [0, 0.05) is 5.56 Å². The lowest BCUT2D eigenvalue weighted by molar-refractivity contribution is 0.0514. The monoisotopic (exact) mass is 482 g/mol. The van der Waals surface area contributed by atoms with E-state index >= 15 is 0 Å². The lowest BCUT2D eigenvalue weighted by atomic mass is 9.85. The molecule has 34 heavy (non-hydrogen) atoms. The van der Waals surface area contributed by atoms with Gasteiger partial charge in [-0.2, -0.15) is 4.79 Å². The molecule has 3 aromatic rings. The summed E-state index contributed by atoms with van der Waals surface area (Å²) < 4.78 is 15.9. The Morgan fingerprint density at radius 2 is 1.74 bits per heavy atom. The highest BCUT2D eigenvalue weighted by Gasteiger charge is 2.47. The Morgan fingerprint density at radius 1 is 1.06 bits per heavy atom. The second-order valence-electron chi connectivity index (χ2n) is 7.74. The maximum Gasteiger partial charge on any atom is 0.361 e. The summed E-state index contributed by atoms with van der Waals surface area (Å²) in [6.45, 7) is 6.30. The minimum absolute atomic E-state index is 0.0700. The number of nitrogens with one attached hydrogen (secondary N) is 1. The molecule has 0 radical (unpaired) electrons. The van der Waals surface area contributed by atoms with Crippen molar-refractivity contribution in [3.8, 4) is 11.5 Å². The Morgan fingerprint density at radius 3 is 2.35 bits per heavy atom. The van der Waals surface area contributed by atoms with Crippen molar-refractivity contribution in [2.45, 2.75) is 36.6 Å². The molecule has 1 aliphatic rings. The third-order valence-corrected chi connectivity index (χ3v) is 7.08. The number of rotatable bonds is 8. The van der Waals surface area contributed by atoms with Crippen LogP contribution in [0.2, 0.25) is 0 Å². The van der Waals surface area contributed by atoms with Crippen LogP contribution in [0.5, 0.6) is 11.5 Å². The van der Waals surface area contributed by atoms with E-state index in [0.717, 1.165) is 5.56 Å². The fraction of sp³-hybridized carbons (Fsp3) is 0.333.